The largest absolute Gasteiger partial charge is 0.396 e. The number of carbonyl (C=O) groups excluding carboxylic acids is 1. The first kappa shape index (κ1) is 7.29. The summed E-state index contributed by atoms with van der Waals surface area (Å²) in [6.45, 7) is 0. The predicted octanol–water partition coefficient (Wildman–Crippen LogP) is 0.214. The first-order chi connectivity index (χ1) is 5.34. The molecule has 0 saturated carbocycles. The number of aldehydes is 1. The molecule has 3 heteroatoms. The maximum Gasteiger partial charge on any atom is 0.193 e. The molecule has 1 heterocycles. The number of hydrogen-bond acceptors (Lipinski definition) is 3. The first-order valence-corrected chi connectivity index (χ1v) is 3.00. The number of nitrogens with zero attached hydrogens (tertiary/aromatic N) is 1. The average molecular weight is 146 g/mol. The van der Waals surface area contributed by atoms with Crippen LogP contribution in [-0.2, 0) is 4.79 Å². The third-order valence-corrected chi connectivity index (χ3v) is 1.09. The second-order valence-corrected chi connectivity index (χ2v) is 1.83. The summed E-state index contributed by atoms with van der Waals surface area (Å²) in [6, 6.07) is 3.39. The van der Waals surface area contributed by atoms with Crippen molar-refractivity contribution in [3.8, 4) is 11.8 Å². The standard InChI is InChI=1S/C8H6N2O/c9-7-3-1-5-10-8(7)4-2-6-11/h1,3,5-6H,9H2. The van der Waals surface area contributed by atoms with E-state index in [-0.39, 0.29) is 0 Å². The van der Waals surface area contributed by atoms with Gasteiger partial charge in [-0.25, -0.2) is 4.98 Å². The van der Waals surface area contributed by atoms with E-state index in [0.717, 1.165) is 0 Å². The summed E-state index contributed by atoms with van der Waals surface area (Å²) in [4.78, 5) is 13.7. The average Bonchev–Trinajstić information content (AvgIpc) is 2.03. The van der Waals surface area contributed by atoms with Crippen LogP contribution in [0.5, 0.6) is 0 Å². The summed E-state index contributed by atoms with van der Waals surface area (Å²) in [5, 5.41) is 0. The highest BCUT2D eigenvalue weighted by Crippen LogP contribution is 2.03. The van der Waals surface area contributed by atoms with Gasteiger partial charge in [0.05, 0.1) is 5.69 Å². The molecule has 1 rings (SSSR count). The molecule has 11 heavy (non-hydrogen) atoms. The molecule has 3 nitrogen and oxygen atoms in total. The molecular weight excluding hydrogens is 140 g/mol. The third kappa shape index (κ3) is 1.80. The smallest absolute Gasteiger partial charge is 0.193 e. The van der Waals surface area contributed by atoms with Gasteiger partial charge < -0.3 is 5.73 Å². The van der Waals surface area contributed by atoms with E-state index in [1.54, 1.807) is 18.3 Å². The molecule has 0 radical (unpaired) electrons. The van der Waals surface area contributed by atoms with Gasteiger partial charge in [0.2, 0.25) is 0 Å². The lowest BCUT2D eigenvalue weighted by atomic mass is 10.3. The molecule has 1 aromatic heterocycles. The Bertz CT molecular complexity index is 322. The van der Waals surface area contributed by atoms with Gasteiger partial charge in [0.1, 0.15) is 5.69 Å². The van der Waals surface area contributed by atoms with E-state index in [0.29, 0.717) is 17.7 Å². The molecule has 0 amide bonds. The van der Waals surface area contributed by atoms with Crippen molar-refractivity contribution in [2.45, 2.75) is 0 Å². The molecule has 0 atom stereocenters. The number of nitrogen functional groups attached to an aromatic ring is 1. The van der Waals surface area contributed by atoms with Crippen LogP contribution < -0.4 is 5.73 Å². The van der Waals surface area contributed by atoms with Crippen LogP contribution in [0.1, 0.15) is 5.69 Å². The van der Waals surface area contributed by atoms with E-state index in [4.69, 9.17) is 5.73 Å². The van der Waals surface area contributed by atoms with E-state index < -0.39 is 0 Å². The van der Waals surface area contributed by atoms with Crippen molar-refractivity contribution in [1.82, 2.24) is 4.98 Å². The van der Waals surface area contributed by atoms with Crippen molar-refractivity contribution in [1.29, 1.82) is 0 Å². The highest BCUT2D eigenvalue weighted by molar-refractivity contribution is 5.74. The third-order valence-electron chi connectivity index (χ3n) is 1.09. The van der Waals surface area contributed by atoms with Gasteiger partial charge in [-0.3, -0.25) is 4.79 Å². The minimum absolute atomic E-state index is 0.444. The fraction of sp³-hybridized carbons (Fsp3) is 0. The van der Waals surface area contributed by atoms with Crippen LogP contribution in [0.4, 0.5) is 5.69 Å². The van der Waals surface area contributed by atoms with Gasteiger partial charge in [0, 0.05) is 6.20 Å². The zero-order valence-corrected chi connectivity index (χ0v) is 5.74. The number of hydrogen-bond donors (Lipinski definition) is 1. The van der Waals surface area contributed by atoms with Crippen molar-refractivity contribution >= 4 is 12.0 Å². The van der Waals surface area contributed by atoms with Gasteiger partial charge in [-0.05, 0) is 24.0 Å². The van der Waals surface area contributed by atoms with Gasteiger partial charge in [0.25, 0.3) is 0 Å². The lowest BCUT2D eigenvalue weighted by Crippen LogP contribution is -1.91. The minimum Gasteiger partial charge on any atom is -0.396 e. The number of anilines is 1. The molecule has 1 aromatic rings. The lowest BCUT2D eigenvalue weighted by Gasteiger charge is -1.92. The molecule has 2 N–H and O–H groups in total. The molecule has 0 unspecified atom stereocenters. The Balaban J connectivity index is 3.03. The van der Waals surface area contributed by atoms with Crippen molar-refractivity contribution in [3.63, 3.8) is 0 Å². The zero-order valence-electron chi connectivity index (χ0n) is 5.74. The molecule has 0 saturated heterocycles. The second kappa shape index (κ2) is 3.37. The maximum absolute atomic E-state index is 9.85. The normalized spacial score (nSPS) is 8.00. The monoisotopic (exact) mass is 146 g/mol. The number of carbonyl (C=O) groups is 1. The van der Waals surface area contributed by atoms with Gasteiger partial charge >= 0.3 is 0 Å². The molecule has 0 bridgehead atoms. The lowest BCUT2D eigenvalue weighted by molar-refractivity contribution is -0.103. The van der Waals surface area contributed by atoms with Crippen molar-refractivity contribution in [2.75, 3.05) is 5.73 Å². The van der Waals surface area contributed by atoms with Crippen LogP contribution in [0.25, 0.3) is 0 Å². The topological polar surface area (TPSA) is 56.0 Å². The molecule has 0 spiro atoms. The van der Waals surface area contributed by atoms with E-state index in [1.165, 1.54) is 0 Å². The predicted molar refractivity (Wildman–Crippen MR) is 41.6 cm³/mol. The summed E-state index contributed by atoms with van der Waals surface area (Å²) >= 11 is 0. The van der Waals surface area contributed by atoms with E-state index >= 15 is 0 Å². The van der Waals surface area contributed by atoms with Crippen molar-refractivity contribution in [2.24, 2.45) is 0 Å². The van der Waals surface area contributed by atoms with Gasteiger partial charge in [-0.15, -0.1) is 0 Å². The Labute approximate surface area is 64.2 Å². The Morgan fingerprint density at radius 1 is 1.64 bits per heavy atom. The molecule has 0 aliphatic rings. The Morgan fingerprint density at radius 3 is 3.09 bits per heavy atom. The maximum atomic E-state index is 9.85. The van der Waals surface area contributed by atoms with Crippen LogP contribution in [0.2, 0.25) is 0 Å². The number of aromatic nitrogens is 1. The molecule has 0 aliphatic heterocycles. The molecule has 0 aliphatic carbocycles. The van der Waals surface area contributed by atoms with Gasteiger partial charge in [-0.1, -0.05) is 0 Å². The van der Waals surface area contributed by atoms with Crippen molar-refractivity contribution < 1.29 is 4.79 Å². The van der Waals surface area contributed by atoms with Crippen LogP contribution in [0.15, 0.2) is 18.3 Å². The minimum atomic E-state index is 0.444. The van der Waals surface area contributed by atoms with Crippen LogP contribution in [0.3, 0.4) is 0 Å². The summed E-state index contributed by atoms with van der Waals surface area (Å²) in [5.74, 6) is 4.74. The number of rotatable bonds is 0. The summed E-state index contributed by atoms with van der Waals surface area (Å²) in [6.07, 6.45) is 2.08. The van der Waals surface area contributed by atoms with E-state index in [1.807, 2.05) is 0 Å². The highest BCUT2D eigenvalue weighted by atomic mass is 16.1. The van der Waals surface area contributed by atoms with Crippen LogP contribution >= 0.6 is 0 Å². The molecular formula is C8H6N2O. The SMILES string of the molecule is Nc1cccnc1C#CC=O. The van der Waals surface area contributed by atoms with Gasteiger partial charge in [0.15, 0.2) is 6.29 Å². The zero-order chi connectivity index (χ0) is 8.10. The molecule has 54 valence electrons. The summed E-state index contributed by atoms with van der Waals surface area (Å²) < 4.78 is 0. The van der Waals surface area contributed by atoms with Gasteiger partial charge in [-0.2, -0.15) is 0 Å². The number of nitrogens with two attached hydrogens (primary N) is 1. The fourth-order valence-corrected chi connectivity index (χ4v) is 0.620. The Kier molecular flexibility index (Phi) is 2.24. The van der Waals surface area contributed by atoms with Crippen LogP contribution in [0, 0.1) is 11.8 Å². The van der Waals surface area contributed by atoms with Crippen LogP contribution in [-0.4, -0.2) is 11.3 Å². The fourth-order valence-electron chi connectivity index (χ4n) is 0.620. The number of pyridine rings is 1. The molecule has 0 aromatic carbocycles. The van der Waals surface area contributed by atoms with E-state index in [2.05, 4.69) is 16.8 Å². The Hall–Kier alpha value is -1.82. The molecule has 0 fully saturated rings. The summed E-state index contributed by atoms with van der Waals surface area (Å²) in [7, 11) is 0. The summed E-state index contributed by atoms with van der Waals surface area (Å²) in [5.41, 5.74) is 6.41. The van der Waals surface area contributed by atoms with E-state index in [9.17, 15) is 4.79 Å². The first-order valence-electron chi connectivity index (χ1n) is 3.00. The Morgan fingerprint density at radius 2 is 2.45 bits per heavy atom. The van der Waals surface area contributed by atoms with Crippen molar-refractivity contribution in [3.05, 3.63) is 24.0 Å². The highest BCUT2D eigenvalue weighted by Gasteiger charge is 1.91. The quantitative estimate of drug-likeness (QED) is 0.420. The second-order valence-electron chi connectivity index (χ2n) is 1.83.